The molecule has 1 heterocycles. The fourth-order valence-corrected chi connectivity index (χ4v) is 7.04. The highest BCUT2D eigenvalue weighted by atomic mass is 35.5. The number of halogens is 2. The van der Waals surface area contributed by atoms with Gasteiger partial charge in [0.1, 0.15) is 6.17 Å². The Morgan fingerprint density at radius 1 is 1.21 bits per heavy atom. The summed E-state index contributed by atoms with van der Waals surface area (Å²) in [6, 6.07) is 0.0787. The van der Waals surface area contributed by atoms with E-state index in [4.69, 9.17) is 11.6 Å². The predicted molar refractivity (Wildman–Crippen MR) is 129 cm³/mol. The Bertz CT molecular complexity index is 832. The van der Waals surface area contributed by atoms with E-state index in [0.29, 0.717) is 19.3 Å². The second-order valence-corrected chi connectivity index (χ2v) is 12.9. The summed E-state index contributed by atoms with van der Waals surface area (Å²) >= 11 is 6.24. The van der Waals surface area contributed by atoms with Crippen LogP contribution in [0.4, 0.5) is 4.39 Å². The molecule has 3 aliphatic rings. The summed E-state index contributed by atoms with van der Waals surface area (Å²) in [5, 5.41) is 5.56. The van der Waals surface area contributed by atoms with E-state index in [1.165, 1.54) is 0 Å². The van der Waals surface area contributed by atoms with Crippen LogP contribution in [0, 0.1) is 23.7 Å². The van der Waals surface area contributed by atoms with Gasteiger partial charge in [-0.1, -0.05) is 20.3 Å². The van der Waals surface area contributed by atoms with Crippen molar-refractivity contribution in [2.75, 3.05) is 26.0 Å². The first-order valence-electron chi connectivity index (χ1n) is 12.2. The summed E-state index contributed by atoms with van der Waals surface area (Å²) in [7, 11) is -1.84. The number of hydrazine groups is 1. The molecule has 2 aliphatic carbocycles. The van der Waals surface area contributed by atoms with Crippen LogP contribution in [-0.4, -0.2) is 74.8 Å². The molecule has 1 saturated heterocycles. The van der Waals surface area contributed by atoms with Gasteiger partial charge in [0.15, 0.2) is 0 Å². The van der Waals surface area contributed by atoms with E-state index in [1.807, 2.05) is 20.9 Å². The van der Waals surface area contributed by atoms with Gasteiger partial charge in [0.2, 0.25) is 21.8 Å². The monoisotopic (exact) mass is 523 g/mol. The molecule has 12 heteroatoms. The van der Waals surface area contributed by atoms with Gasteiger partial charge < -0.3 is 5.32 Å². The molecule has 0 spiro atoms. The number of rotatable bonds is 8. The molecule has 0 aromatic carbocycles. The smallest absolute Gasteiger partial charge is 0.241 e. The number of amides is 2. The van der Waals surface area contributed by atoms with Crippen LogP contribution in [0.3, 0.4) is 0 Å². The SMILES string of the molecule is CC(C)C(=O)NC1CCCC(CS(=O)(=O)NNC(=O)C2CC(C3CN(C)CN3)CC(Cl)C2F)C1. The number of alkyl halides is 2. The molecule has 0 bridgehead atoms. The predicted octanol–water partition coefficient (Wildman–Crippen LogP) is 1.10. The maximum atomic E-state index is 14.8. The summed E-state index contributed by atoms with van der Waals surface area (Å²) in [6.07, 6.45) is 2.20. The van der Waals surface area contributed by atoms with E-state index in [0.717, 1.165) is 32.5 Å². The van der Waals surface area contributed by atoms with E-state index >= 15 is 0 Å². The van der Waals surface area contributed by atoms with Gasteiger partial charge in [-0.15, -0.1) is 16.4 Å². The van der Waals surface area contributed by atoms with E-state index in [2.05, 4.69) is 25.8 Å². The van der Waals surface area contributed by atoms with Gasteiger partial charge in [-0.25, -0.2) is 12.8 Å². The van der Waals surface area contributed by atoms with Crippen molar-refractivity contribution >= 4 is 33.4 Å². The lowest BCUT2D eigenvalue weighted by molar-refractivity contribution is -0.129. The molecule has 2 saturated carbocycles. The van der Waals surface area contributed by atoms with Gasteiger partial charge in [0, 0.05) is 31.2 Å². The molecular formula is C22H39ClFN5O4S. The number of hydrogen-bond acceptors (Lipinski definition) is 6. The molecule has 34 heavy (non-hydrogen) atoms. The van der Waals surface area contributed by atoms with Gasteiger partial charge in [-0.3, -0.25) is 25.2 Å². The minimum absolute atomic E-state index is 0.0343. The van der Waals surface area contributed by atoms with Crippen LogP contribution >= 0.6 is 11.6 Å². The minimum atomic E-state index is -3.82. The largest absolute Gasteiger partial charge is 0.353 e. The number of carbonyl (C=O) groups excluding carboxylic acids is 2. The number of hydrogen-bond donors (Lipinski definition) is 4. The van der Waals surface area contributed by atoms with Gasteiger partial charge in [0.05, 0.1) is 17.0 Å². The first kappa shape index (κ1) is 27.6. The summed E-state index contributed by atoms with van der Waals surface area (Å²) in [4.78, 5) is 29.0. The van der Waals surface area contributed by atoms with Crippen molar-refractivity contribution < 1.29 is 22.4 Å². The molecule has 7 unspecified atom stereocenters. The molecule has 0 aromatic rings. The lowest BCUT2D eigenvalue weighted by Gasteiger charge is -2.37. The van der Waals surface area contributed by atoms with E-state index in [9.17, 15) is 22.4 Å². The Kier molecular flexibility index (Phi) is 9.58. The van der Waals surface area contributed by atoms with Crippen molar-refractivity contribution in [3.05, 3.63) is 0 Å². The Balaban J connectivity index is 1.51. The van der Waals surface area contributed by atoms with Crippen LogP contribution in [0.1, 0.15) is 52.4 Å². The summed E-state index contributed by atoms with van der Waals surface area (Å²) in [5.74, 6) is -2.13. The molecule has 196 valence electrons. The van der Waals surface area contributed by atoms with Crippen LogP contribution in [0.15, 0.2) is 0 Å². The molecule has 2 amide bonds. The molecule has 0 radical (unpaired) electrons. The standard InChI is InChI=1S/C22H39ClFN5O4S/c1-13(2)21(30)26-16-6-4-5-14(7-16)11-34(32,33)28-27-22(31)17-8-15(9-18(23)20(17)24)19-10-29(3)12-25-19/h13-20,25,28H,4-12H2,1-3H3,(H,26,30)(H,27,31). The van der Waals surface area contributed by atoms with Crippen LogP contribution in [0.25, 0.3) is 0 Å². The highest BCUT2D eigenvalue weighted by Crippen LogP contribution is 2.37. The zero-order valence-electron chi connectivity index (χ0n) is 20.2. The molecule has 0 aromatic heterocycles. The highest BCUT2D eigenvalue weighted by Gasteiger charge is 2.44. The third-order valence-corrected chi connectivity index (χ3v) is 9.03. The maximum absolute atomic E-state index is 14.8. The van der Waals surface area contributed by atoms with Crippen molar-refractivity contribution in [3.63, 3.8) is 0 Å². The van der Waals surface area contributed by atoms with E-state index in [1.54, 1.807) is 0 Å². The first-order valence-corrected chi connectivity index (χ1v) is 14.3. The Hall–Kier alpha value is -1.01. The molecule has 9 nitrogen and oxygen atoms in total. The van der Waals surface area contributed by atoms with Crippen molar-refractivity contribution in [2.24, 2.45) is 23.7 Å². The quantitative estimate of drug-likeness (QED) is 0.279. The molecule has 1 aliphatic heterocycles. The zero-order chi connectivity index (χ0) is 25.0. The number of nitrogens with one attached hydrogen (secondary N) is 4. The van der Waals surface area contributed by atoms with Crippen molar-refractivity contribution in [2.45, 2.75) is 76.0 Å². The minimum Gasteiger partial charge on any atom is -0.353 e. The van der Waals surface area contributed by atoms with Gasteiger partial charge in [0.25, 0.3) is 0 Å². The molecule has 3 rings (SSSR count). The second kappa shape index (κ2) is 11.8. The highest BCUT2D eigenvalue weighted by molar-refractivity contribution is 7.89. The molecular weight excluding hydrogens is 485 g/mol. The lowest BCUT2D eigenvalue weighted by Crippen LogP contribution is -2.52. The van der Waals surface area contributed by atoms with Crippen molar-refractivity contribution in [1.82, 2.24) is 25.8 Å². The van der Waals surface area contributed by atoms with E-state index in [-0.39, 0.29) is 41.5 Å². The average molecular weight is 524 g/mol. The van der Waals surface area contributed by atoms with Crippen LogP contribution in [0.5, 0.6) is 0 Å². The van der Waals surface area contributed by atoms with Crippen LogP contribution in [0.2, 0.25) is 0 Å². The number of carbonyl (C=O) groups is 2. The Labute approximate surface area is 207 Å². The summed E-state index contributed by atoms with van der Waals surface area (Å²) < 4.78 is 40.1. The molecule has 4 N–H and O–H groups in total. The van der Waals surface area contributed by atoms with Crippen molar-refractivity contribution in [3.8, 4) is 0 Å². The molecule has 3 fully saturated rings. The third kappa shape index (κ3) is 7.49. The Morgan fingerprint density at radius 3 is 2.59 bits per heavy atom. The number of nitrogens with zero attached hydrogens (tertiary/aromatic N) is 1. The molecule has 7 atom stereocenters. The first-order chi connectivity index (χ1) is 15.9. The topological polar surface area (TPSA) is 120 Å². The van der Waals surface area contributed by atoms with Gasteiger partial charge in [-0.05, 0) is 51.0 Å². The van der Waals surface area contributed by atoms with Crippen LogP contribution < -0.4 is 20.9 Å². The summed E-state index contributed by atoms with van der Waals surface area (Å²) in [5.41, 5.74) is 2.24. The van der Waals surface area contributed by atoms with Gasteiger partial charge in [-0.2, -0.15) is 0 Å². The lowest BCUT2D eigenvalue weighted by atomic mass is 9.76. The number of likely N-dealkylation sites (N-methyl/N-ethyl adjacent to an activating group) is 1. The normalized spacial score (nSPS) is 35.3. The van der Waals surface area contributed by atoms with E-state index < -0.39 is 33.4 Å². The maximum Gasteiger partial charge on any atom is 0.241 e. The average Bonchev–Trinajstić information content (AvgIpc) is 3.20. The van der Waals surface area contributed by atoms with Gasteiger partial charge >= 0.3 is 0 Å². The summed E-state index contributed by atoms with van der Waals surface area (Å²) in [6.45, 7) is 5.16. The second-order valence-electron chi connectivity index (χ2n) is 10.6. The van der Waals surface area contributed by atoms with Crippen molar-refractivity contribution in [1.29, 1.82) is 0 Å². The van der Waals surface area contributed by atoms with Crippen LogP contribution in [-0.2, 0) is 19.6 Å². The Morgan fingerprint density at radius 2 is 1.94 bits per heavy atom. The fourth-order valence-electron chi connectivity index (χ4n) is 5.37. The third-order valence-electron chi connectivity index (χ3n) is 7.29. The number of sulfonamides is 1. The fraction of sp³-hybridized carbons (Fsp3) is 0.909. The zero-order valence-corrected chi connectivity index (χ0v) is 21.8.